The van der Waals surface area contributed by atoms with Crippen LogP contribution in [0.1, 0.15) is 19.4 Å². The molecule has 0 saturated heterocycles. The van der Waals surface area contributed by atoms with Gasteiger partial charge in [0.15, 0.2) is 11.5 Å². The molecule has 0 spiro atoms. The summed E-state index contributed by atoms with van der Waals surface area (Å²) in [5.74, 6) is 1.87. The summed E-state index contributed by atoms with van der Waals surface area (Å²) in [6.45, 7) is 3.94. The smallest absolute Gasteiger partial charge is 0.205 e. The third-order valence-corrected chi connectivity index (χ3v) is 3.21. The second-order valence-electron chi connectivity index (χ2n) is 4.52. The van der Waals surface area contributed by atoms with Crippen molar-refractivity contribution in [2.75, 3.05) is 18.3 Å². The maximum Gasteiger partial charge on any atom is 0.205 e. The van der Waals surface area contributed by atoms with E-state index < -0.39 is 0 Å². The lowest BCUT2D eigenvalue weighted by atomic mass is 10.2. The number of thiazole rings is 1. The highest BCUT2D eigenvalue weighted by Crippen LogP contribution is 2.28. The van der Waals surface area contributed by atoms with E-state index in [0.29, 0.717) is 22.4 Å². The van der Waals surface area contributed by atoms with Crippen LogP contribution in [0.25, 0.3) is 0 Å². The summed E-state index contributed by atoms with van der Waals surface area (Å²) < 4.78 is 11.0. The van der Waals surface area contributed by atoms with Gasteiger partial charge in [0.1, 0.15) is 5.82 Å². The molecule has 0 radical (unpaired) electrons. The Labute approximate surface area is 127 Å². The van der Waals surface area contributed by atoms with E-state index in [2.05, 4.69) is 15.5 Å². The van der Waals surface area contributed by atoms with E-state index in [1.54, 1.807) is 18.7 Å². The van der Waals surface area contributed by atoms with Gasteiger partial charge in [0.25, 0.3) is 0 Å². The number of aromatic nitrogens is 1. The molecule has 0 atom stereocenters. The van der Waals surface area contributed by atoms with Gasteiger partial charge < -0.3 is 15.2 Å². The minimum Gasteiger partial charge on any atom is -0.493 e. The average molecular weight is 306 g/mol. The van der Waals surface area contributed by atoms with E-state index in [0.717, 1.165) is 5.56 Å². The number of nitrogens with two attached hydrogens (primary N) is 1. The van der Waals surface area contributed by atoms with Crippen LogP contribution in [0.5, 0.6) is 11.5 Å². The summed E-state index contributed by atoms with van der Waals surface area (Å²) in [6.07, 6.45) is 1.77. The first-order valence-electron chi connectivity index (χ1n) is 6.43. The Morgan fingerprint density at radius 1 is 1.38 bits per heavy atom. The predicted molar refractivity (Wildman–Crippen MR) is 86.5 cm³/mol. The molecule has 21 heavy (non-hydrogen) atoms. The van der Waals surface area contributed by atoms with Crippen molar-refractivity contribution < 1.29 is 9.47 Å². The van der Waals surface area contributed by atoms with Gasteiger partial charge in [-0.05, 0) is 37.6 Å². The summed E-state index contributed by atoms with van der Waals surface area (Å²) in [5, 5.41) is 6.51. The zero-order valence-corrected chi connectivity index (χ0v) is 13.0. The Hall–Kier alpha value is -2.28. The van der Waals surface area contributed by atoms with Gasteiger partial charge >= 0.3 is 0 Å². The first-order chi connectivity index (χ1) is 10.1. The fraction of sp³-hybridized carbons (Fsp3) is 0.286. The van der Waals surface area contributed by atoms with Crippen molar-refractivity contribution in [3.8, 4) is 11.5 Å². The summed E-state index contributed by atoms with van der Waals surface area (Å²) in [4.78, 5) is 4.05. The monoisotopic (exact) mass is 306 g/mol. The Morgan fingerprint density at radius 3 is 2.81 bits per heavy atom. The Kier molecular flexibility index (Phi) is 4.99. The highest BCUT2D eigenvalue weighted by Gasteiger charge is 2.06. The van der Waals surface area contributed by atoms with E-state index in [-0.39, 0.29) is 6.10 Å². The highest BCUT2D eigenvalue weighted by molar-refractivity contribution is 7.14. The van der Waals surface area contributed by atoms with Crippen molar-refractivity contribution in [3.63, 3.8) is 0 Å². The van der Waals surface area contributed by atoms with Crippen molar-refractivity contribution in [2.24, 2.45) is 5.10 Å². The van der Waals surface area contributed by atoms with Gasteiger partial charge in [-0.3, -0.25) is 5.43 Å². The minimum atomic E-state index is 0.0930. The number of hydrogen-bond donors (Lipinski definition) is 2. The molecule has 0 bridgehead atoms. The van der Waals surface area contributed by atoms with Crippen molar-refractivity contribution in [2.45, 2.75) is 20.0 Å². The fourth-order valence-electron chi connectivity index (χ4n) is 1.62. The number of anilines is 2. The zero-order valence-electron chi connectivity index (χ0n) is 12.2. The van der Waals surface area contributed by atoms with Crippen molar-refractivity contribution in [1.29, 1.82) is 0 Å². The van der Waals surface area contributed by atoms with Crippen LogP contribution in [0, 0.1) is 0 Å². The molecule has 0 amide bonds. The molecule has 0 aliphatic carbocycles. The van der Waals surface area contributed by atoms with Crippen LogP contribution in [0.2, 0.25) is 0 Å². The van der Waals surface area contributed by atoms with Gasteiger partial charge in [0.05, 0.1) is 19.4 Å². The molecule has 0 aliphatic rings. The third kappa shape index (κ3) is 4.35. The first kappa shape index (κ1) is 15.1. The number of methoxy groups -OCH3 is 1. The van der Waals surface area contributed by atoms with Gasteiger partial charge in [-0.25, -0.2) is 4.98 Å². The molecule has 0 saturated carbocycles. The van der Waals surface area contributed by atoms with Crippen LogP contribution in [0.4, 0.5) is 10.9 Å². The van der Waals surface area contributed by atoms with Gasteiger partial charge in [-0.2, -0.15) is 5.10 Å². The molecule has 1 aromatic heterocycles. The normalized spacial score (nSPS) is 11.0. The maximum atomic E-state index is 5.66. The number of benzene rings is 1. The van der Waals surface area contributed by atoms with E-state index in [9.17, 15) is 0 Å². The van der Waals surface area contributed by atoms with E-state index in [1.165, 1.54) is 11.3 Å². The number of hydrogen-bond acceptors (Lipinski definition) is 7. The molecule has 7 heteroatoms. The molecule has 2 aromatic rings. The summed E-state index contributed by atoms with van der Waals surface area (Å²) in [6, 6.07) is 5.63. The predicted octanol–water partition coefficient (Wildman–Crippen LogP) is 2.97. The average Bonchev–Trinajstić information content (AvgIpc) is 2.85. The van der Waals surface area contributed by atoms with E-state index in [1.807, 2.05) is 32.0 Å². The molecule has 1 aromatic carbocycles. The highest BCUT2D eigenvalue weighted by atomic mass is 32.1. The zero-order chi connectivity index (χ0) is 15.2. The molecular weight excluding hydrogens is 288 g/mol. The lowest BCUT2D eigenvalue weighted by Crippen LogP contribution is -2.06. The lowest BCUT2D eigenvalue weighted by molar-refractivity contribution is 0.230. The summed E-state index contributed by atoms with van der Waals surface area (Å²) >= 11 is 1.40. The number of hydrazone groups is 1. The van der Waals surface area contributed by atoms with Gasteiger partial charge in [0, 0.05) is 5.38 Å². The largest absolute Gasteiger partial charge is 0.493 e. The van der Waals surface area contributed by atoms with Crippen LogP contribution in [0.3, 0.4) is 0 Å². The van der Waals surface area contributed by atoms with Crippen molar-refractivity contribution in [3.05, 3.63) is 29.1 Å². The number of nitrogen functional groups attached to an aromatic ring is 1. The standard InChI is InChI=1S/C14H18N4O2S/c1-9(2)20-11-5-4-10(6-12(11)19-3)7-16-18-14-17-13(15)8-21-14/h4-9H,15H2,1-3H3,(H,17,18). The molecule has 2 rings (SSSR count). The second-order valence-corrected chi connectivity index (χ2v) is 5.38. The van der Waals surface area contributed by atoms with Gasteiger partial charge in [-0.15, -0.1) is 11.3 Å². The van der Waals surface area contributed by atoms with Gasteiger partial charge in [-0.1, -0.05) is 0 Å². The molecule has 112 valence electrons. The Balaban J connectivity index is 2.06. The topological polar surface area (TPSA) is 81.8 Å². The quantitative estimate of drug-likeness (QED) is 0.633. The van der Waals surface area contributed by atoms with Gasteiger partial charge in [0.2, 0.25) is 5.13 Å². The van der Waals surface area contributed by atoms with Crippen LogP contribution in [0.15, 0.2) is 28.7 Å². The summed E-state index contributed by atoms with van der Waals surface area (Å²) in [7, 11) is 1.61. The molecule has 6 nitrogen and oxygen atoms in total. The fourth-order valence-corrected chi connectivity index (χ4v) is 2.16. The van der Waals surface area contributed by atoms with Crippen LogP contribution in [-0.2, 0) is 0 Å². The van der Waals surface area contributed by atoms with E-state index >= 15 is 0 Å². The van der Waals surface area contributed by atoms with Crippen LogP contribution in [-0.4, -0.2) is 24.4 Å². The minimum absolute atomic E-state index is 0.0930. The molecule has 3 N–H and O–H groups in total. The van der Waals surface area contributed by atoms with Crippen LogP contribution >= 0.6 is 11.3 Å². The SMILES string of the molecule is COc1cc(C=NNc2nc(N)cs2)ccc1OC(C)C. The summed E-state index contributed by atoms with van der Waals surface area (Å²) in [5.41, 5.74) is 9.24. The molecule has 0 fully saturated rings. The van der Waals surface area contributed by atoms with E-state index in [4.69, 9.17) is 15.2 Å². The molecule has 1 heterocycles. The molecule has 0 aliphatic heterocycles. The van der Waals surface area contributed by atoms with Crippen LogP contribution < -0.4 is 20.6 Å². The molecule has 0 unspecified atom stereocenters. The lowest BCUT2D eigenvalue weighted by Gasteiger charge is -2.13. The van der Waals surface area contributed by atoms with Crippen molar-refractivity contribution >= 4 is 28.5 Å². The Morgan fingerprint density at radius 2 is 2.19 bits per heavy atom. The Bertz CT molecular complexity index is 625. The second kappa shape index (κ2) is 6.94. The number of nitrogens with zero attached hydrogens (tertiary/aromatic N) is 2. The molecular formula is C14H18N4O2S. The number of nitrogens with one attached hydrogen (secondary N) is 1. The number of rotatable bonds is 6. The van der Waals surface area contributed by atoms with Crippen molar-refractivity contribution in [1.82, 2.24) is 4.98 Å². The maximum absolute atomic E-state index is 5.66. The third-order valence-electron chi connectivity index (χ3n) is 2.45. The number of ether oxygens (including phenoxy) is 2. The first-order valence-corrected chi connectivity index (χ1v) is 7.31.